The molecule has 0 amide bonds. The van der Waals surface area contributed by atoms with Crippen molar-refractivity contribution in [3.8, 4) is 0 Å². The molecule has 0 aromatic carbocycles. The third-order valence-corrected chi connectivity index (χ3v) is 3.50. The number of aromatic nitrogens is 3. The second-order valence-electron chi connectivity index (χ2n) is 3.54. The van der Waals surface area contributed by atoms with Crippen molar-refractivity contribution in [3.63, 3.8) is 0 Å². The largest absolute Gasteiger partial charge is 0.327 e. The molecule has 0 saturated heterocycles. The zero-order chi connectivity index (χ0) is 11.2. The minimum absolute atomic E-state index is 0.00641. The van der Waals surface area contributed by atoms with Crippen LogP contribution in [0.1, 0.15) is 23.9 Å². The minimum atomic E-state index is -0.00641. The van der Waals surface area contributed by atoms with Gasteiger partial charge in [-0.05, 0) is 36.2 Å². The lowest BCUT2D eigenvalue weighted by Crippen LogP contribution is -2.19. The summed E-state index contributed by atoms with van der Waals surface area (Å²) < 4.78 is 2.31. The maximum absolute atomic E-state index is 12.0. The average molecular weight is 270 g/mol. The van der Waals surface area contributed by atoms with Gasteiger partial charge in [0.25, 0.3) is 5.56 Å². The lowest BCUT2D eigenvalue weighted by Gasteiger charge is -2.02. The van der Waals surface area contributed by atoms with Crippen LogP contribution >= 0.6 is 15.9 Å². The highest BCUT2D eigenvalue weighted by Gasteiger charge is 2.12. The normalized spacial score (nSPS) is 11.2. The zero-order valence-electron chi connectivity index (χ0n) is 8.89. The molecule has 80 valence electrons. The molecule has 2 aromatic rings. The quantitative estimate of drug-likeness (QED) is 0.861. The summed E-state index contributed by atoms with van der Waals surface area (Å²) in [5, 5.41) is 0. The summed E-state index contributed by atoms with van der Waals surface area (Å²) >= 11 is 3.37. The van der Waals surface area contributed by atoms with E-state index in [1.165, 1.54) is 0 Å². The monoisotopic (exact) mass is 269 g/mol. The minimum Gasteiger partial charge on any atom is -0.327 e. The molecule has 0 unspecified atom stereocenters. The molecule has 0 fully saturated rings. The Balaban J connectivity index is 2.98. The number of nitrogens with zero attached hydrogens (tertiary/aromatic N) is 2. The number of aryl methyl sites for hydroxylation is 2. The summed E-state index contributed by atoms with van der Waals surface area (Å²) in [6, 6.07) is 0. The standard InChI is InChI=1S/C10H12BrN3O/c1-4-7-5(2)9(15)14-8(11)6(3)12-10(14)13-7/h4H2,1-3H3,(H,12,13). The molecular formula is C10H12BrN3O. The van der Waals surface area contributed by atoms with E-state index in [-0.39, 0.29) is 5.56 Å². The van der Waals surface area contributed by atoms with Crippen LogP contribution in [0.5, 0.6) is 0 Å². The number of hydrogen-bond acceptors (Lipinski definition) is 2. The predicted molar refractivity (Wildman–Crippen MR) is 62.4 cm³/mol. The molecule has 0 aliphatic rings. The van der Waals surface area contributed by atoms with E-state index in [1.807, 2.05) is 20.8 Å². The van der Waals surface area contributed by atoms with Crippen molar-refractivity contribution in [2.45, 2.75) is 27.2 Å². The van der Waals surface area contributed by atoms with Crippen LogP contribution in [0.4, 0.5) is 0 Å². The van der Waals surface area contributed by atoms with Crippen LogP contribution in [0.2, 0.25) is 0 Å². The Bertz CT molecular complexity index is 582. The Morgan fingerprint density at radius 3 is 2.73 bits per heavy atom. The Labute approximate surface area is 95.5 Å². The number of imidazole rings is 1. The highest BCUT2D eigenvalue weighted by molar-refractivity contribution is 9.10. The van der Waals surface area contributed by atoms with Crippen LogP contribution in [-0.2, 0) is 6.42 Å². The molecule has 2 heterocycles. The van der Waals surface area contributed by atoms with Gasteiger partial charge in [0.15, 0.2) is 0 Å². The number of fused-ring (bicyclic) bond motifs is 1. The average Bonchev–Trinajstić information content (AvgIpc) is 2.49. The first-order chi connectivity index (χ1) is 7.06. The van der Waals surface area contributed by atoms with E-state index in [2.05, 4.69) is 25.9 Å². The molecule has 0 aliphatic carbocycles. The first kappa shape index (κ1) is 10.4. The molecule has 0 spiro atoms. The van der Waals surface area contributed by atoms with Crippen LogP contribution in [-0.4, -0.2) is 14.4 Å². The van der Waals surface area contributed by atoms with E-state index in [0.29, 0.717) is 5.78 Å². The van der Waals surface area contributed by atoms with E-state index in [1.54, 1.807) is 4.40 Å². The molecule has 1 N–H and O–H groups in total. The molecule has 0 aliphatic heterocycles. The van der Waals surface area contributed by atoms with Gasteiger partial charge in [0.05, 0.1) is 5.69 Å². The van der Waals surface area contributed by atoms with Gasteiger partial charge in [0.1, 0.15) is 4.60 Å². The number of aromatic amines is 1. The van der Waals surface area contributed by atoms with Crippen LogP contribution in [0.3, 0.4) is 0 Å². The first-order valence-electron chi connectivity index (χ1n) is 4.82. The zero-order valence-corrected chi connectivity index (χ0v) is 10.5. The highest BCUT2D eigenvalue weighted by atomic mass is 79.9. The fourth-order valence-corrected chi connectivity index (χ4v) is 2.07. The third kappa shape index (κ3) is 1.42. The molecular weight excluding hydrogens is 258 g/mol. The second-order valence-corrected chi connectivity index (χ2v) is 4.29. The fourth-order valence-electron chi connectivity index (χ4n) is 1.65. The van der Waals surface area contributed by atoms with Crippen LogP contribution < -0.4 is 5.56 Å². The fraction of sp³-hybridized carbons (Fsp3) is 0.400. The van der Waals surface area contributed by atoms with Gasteiger partial charge in [-0.2, -0.15) is 0 Å². The summed E-state index contributed by atoms with van der Waals surface area (Å²) in [6.07, 6.45) is 0.771. The van der Waals surface area contributed by atoms with E-state index >= 15 is 0 Å². The van der Waals surface area contributed by atoms with E-state index in [0.717, 1.165) is 28.0 Å². The SMILES string of the molecule is CCc1nc2[nH]c(C)c(Br)n2c(=O)c1C. The van der Waals surface area contributed by atoms with Gasteiger partial charge in [0.2, 0.25) is 5.78 Å². The lowest BCUT2D eigenvalue weighted by molar-refractivity contribution is 0.927. The number of rotatable bonds is 1. The summed E-state index contributed by atoms with van der Waals surface area (Å²) in [6.45, 7) is 5.71. The van der Waals surface area contributed by atoms with Crippen molar-refractivity contribution >= 4 is 21.7 Å². The number of halogens is 1. The first-order valence-corrected chi connectivity index (χ1v) is 5.61. The summed E-state index contributed by atoms with van der Waals surface area (Å²) in [5.41, 5.74) is 2.48. The van der Waals surface area contributed by atoms with Crippen molar-refractivity contribution in [2.75, 3.05) is 0 Å². The Hall–Kier alpha value is -1.10. The smallest absolute Gasteiger partial charge is 0.263 e. The van der Waals surface area contributed by atoms with Crippen molar-refractivity contribution in [2.24, 2.45) is 0 Å². The Morgan fingerprint density at radius 2 is 2.13 bits per heavy atom. The molecule has 2 aromatic heterocycles. The van der Waals surface area contributed by atoms with Gasteiger partial charge in [-0.25, -0.2) is 9.38 Å². The van der Waals surface area contributed by atoms with Crippen molar-refractivity contribution < 1.29 is 0 Å². The van der Waals surface area contributed by atoms with Crippen LogP contribution in [0.15, 0.2) is 9.40 Å². The molecule has 0 radical (unpaired) electrons. The van der Waals surface area contributed by atoms with Crippen molar-refractivity contribution in [1.82, 2.24) is 14.4 Å². The molecule has 4 nitrogen and oxygen atoms in total. The molecule has 0 atom stereocenters. The lowest BCUT2D eigenvalue weighted by atomic mass is 10.2. The topological polar surface area (TPSA) is 50.2 Å². The summed E-state index contributed by atoms with van der Waals surface area (Å²) in [4.78, 5) is 19.5. The highest BCUT2D eigenvalue weighted by Crippen LogP contribution is 2.16. The van der Waals surface area contributed by atoms with Gasteiger partial charge in [-0.15, -0.1) is 0 Å². The van der Waals surface area contributed by atoms with E-state index < -0.39 is 0 Å². The summed E-state index contributed by atoms with van der Waals surface area (Å²) in [5.74, 6) is 0.604. The van der Waals surface area contributed by atoms with Gasteiger partial charge in [-0.3, -0.25) is 4.79 Å². The molecule has 15 heavy (non-hydrogen) atoms. The molecule has 5 heteroatoms. The van der Waals surface area contributed by atoms with Crippen molar-refractivity contribution in [1.29, 1.82) is 0 Å². The van der Waals surface area contributed by atoms with Gasteiger partial charge < -0.3 is 4.98 Å². The molecule has 0 bridgehead atoms. The number of hydrogen-bond donors (Lipinski definition) is 1. The maximum Gasteiger partial charge on any atom is 0.263 e. The van der Waals surface area contributed by atoms with E-state index in [9.17, 15) is 4.79 Å². The maximum atomic E-state index is 12.0. The van der Waals surface area contributed by atoms with Crippen molar-refractivity contribution in [3.05, 3.63) is 31.9 Å². The molecule has 2 rings (SSSR count). The number of nitrogens with one attached hydrogen (secondary N) is 1. The second kappa shape index (κ2) is 3.48. The summed E-state index contributed by atoms with van der Waals surface area (Å²) in [7, 11) is 0. The van der Waals surface area contributed by atoms with E-state index in [4.69, 9.17) is 0 Å². The van der Waals surface area contributed by atoms with Gasteiger partial charge >= 0.3 is 0 Å². The van der Waals surface area contributed by atoms with Crippen LogP contribution in [0.25, 0.3) is 5.78 Å². The number of H-pyrrole nitrogens is 1. The predicted octanol–water partition coefficient (Wildman–Crippen LogP) is 1.96. The Morgan fingerprint density at radius 1 is 1.47 bits per heavy atom. The third-order valence-electron chi connectivity index (χ3n) is 2.55. The Kier molecular flexibility index (Phi) is 2.42. The van der Waals surface area contributed by atoms with Gasteiger partial charge in [-0.1, -0.05) is 6.92 Å². The van der Waals surface area contributed by atoms with Gasteiger partial charge in [0, 0.05) is 11.3 Å². The molecule has 0 saturated carbocycles. The van der Waals surface area contributed by atoms with Crippen LogP contribution in [0, 0.1) is 13.8 Å².